The molecule has 218 valence electrons. The summed E-state index contributed by atoms with van der Waals surface area (Å²) >= 11 is 0. The Bertz CT molecular complexity index is 1930. The topological polar surface area (TPSA) is 107 Å². The Morgan fingerprint density at radius 3 is 2.45 bits per heavy atom. The van der Waals surface area contributed by atoms with Gasteiger partial charge < -0.3 is 20.0 Å². The number of anilines is 1. The highest BCUT2D eigenvalue weighted by atomic mass is 32.2. The van der Waals surface area contributed by atoms with E-state index in [1.165, 1.54) is 48.7 Å². The molecule has 0 aliphatic carbocycles. The molecular weight excluding hydrogens is 562 g/mol. The summed E-state index contributed by atoms with van der Waals surface area (Å²) in [4.78, 5) is 16.5. The molecule has 1 amide bonds. The predicted molar refractivity (Wildman–Crippen MR) is 159 cm³/mol. The van der Waals surface area contributed by atoms with Crippen molar-refractivity contribution >= 4 is 43.5 Å². The molecule has 11 heteroatoms. The maximum Gasteiger partial charge on any atom is 0.255 e. The van der Waals surface area contributed by atoms with E-state index in [0.29, 0.717) is 45.1 Å². The van der Waals surface area contributed by atoms with Crippen molar-refractivity contribution in [2.75, 3.05) is 24.7 Å². The number of carbonyl (C=O) groups is 1. The zero-order chi connectivity index (χ0) is 29.8. The first-order valence-electron chi connectivity index (χ1n) is 13.6. The van der Waals surface area contributed by atoms with E-state index in [1.807, 2.05) is 12.1 Å². The molecule has 0 spiro atoms. The number of benzene rings is 3. The molecular formula is C31H30F2N4O4S. The lowest BCUT2D eigenvalue weighted by Gasteiger charge is -2.33. The van der Waals surface area contributed by atoms with Crippen molar-refractivity contribution in [3.05, 3.63) is 89.1 Å². The fourth-order valence-electron chi connectivity index (χ4n) is 5.79. The van der Waals surface area contributed by atoms with E-state index in [2.05, 4.69) is 15.6 Å². The number of nitrogens with one attached hydrogen (secondary N) is 3. The molecule has 5 aromatic rings. The van der Waals surface area contributed by atoms with Crippen LogP contribution in [0.15, 0.2) is 65.1 Å². The van der Waals surface area contributed by atoms with Gasteiger partial charge in [-0.3, -0.25) is 9.10 Å². The number of sulfonamides is 1. The summed E-state index contributed by atoms with van der Waals surface area (Å²) in [6, 6.07) is 15.4. The van der Waals surface area contributed by atoms with Gasteiger partial charge in [0.25, 0.3) is 5.91 Å². The van der Waals surface area contributed by atoms with Crippen LogP contribution in [0.25, 0.3) is 33.2 Å². The van der Waals surface area contributed by atoms with Gasteiger partial charge in [0.2, 0.25) is 10.0 Å². The zero-order valence-electron chi connectivity index (χ0n) is 23.3. The van der Waals surface area contributed by atoms with Gasteiger partial charge >= 0.3 is 0 Å². The maximum atomic E-state index is 14.4. The Kier molecular flexibility index (Phi) is 7.02. The average Bonchev–Trinajstić information content (AvgIpc) is 3.58. The second-order valence-electron chi connectivity index (χ2n) is 10.7. The van der Waals surface area contributed by atoms with Crippen LogP contribution in [0.4, 0.5) is 14.5 Å². The molecule has 3 N–H and O–H groups in total. The van der Waals surface area contributed by atoms with Crippen LogP contribution in [-0.4, -0.2) is 39.7 Å². The lowest BCUT2D eigenvalue weighted by molar-refractivity contribution is 0.0964. The summed E-state index contributed by atoms with van der Waals surface area (Å²) in [5, 5.41) is 7.31. The van der Waals surface area contributed by atoms with Gasteiger partial charge in [-0.15, -0.1) is 0 Å². The Hall–Kier alpha value is -4.22. The van der Waals surface area contributed by atoms with Crippen molar-refractivity contribution < 1.29 is 26.4 Å². The van der Waals surface area contributed by atoms with Crippen LogP contribution >= 0.6 is 0 Å². The van der Waals surface area contributed by atoms with Crippen LogP contribution < -0.4 is 14.9 Å². The summed E-state index contributed by atoms with van der Waals surface area (Å²) < 4.78 is 60.9. The number of rotatable bonds is 6. The number of carbonyl (C=O) groups excluding carboxylic acids is 1. The van der Waals surface area contributed by atoms with Crippen LogP contribution in [0, 0.1) is 11.6 Å². The minimum absolute atomic E-state index is 0.139. The number of furan rings is 1. The number of aromatic nitrogens is 1. The number of amides is 1. The SMILES string of the molecule is CNC(=O)c1c(-c2ccc(F)cc2)oc2cc(N(C)S(C)(=O)=O)c(C3CCCC(c4cc5c(F)cccc5[nH]4)N3)cc12. The van der Waals surface area contributed by atoms with Crippen molar-refractivity contribution in [2.24, 2.45) is 0 Å². The highest BCUT2D eigenvalue weighted by Gasteiger charge is 2.31. The minimum atomic E-state index is -3.66. The predicted octanol–water partition coefficient (Wildman–Crippen LogP) is 6.17. The number of hydrogen-bond donors (Lipinski definition) is 3. The monoisotopic (exact) mass is 592 g/mol. The molecule has 0 bridgehead atoms. The highest BCUT2D eigenvalue weighted by molar-refractivity contribution is 7.92. The molecule has 3 heterocycles. The van der Waals surface area contributed by atoms with Crippen molar-refractivity contribution in [1.29, 1.82) is 0 Å². The third-order valence-corrected chi connectivity index (χ3v) is 9.20. The van der Waals surface area contributed by atoms with E-state index in [1.54, 1.807) is 18.2 Å². The smallest absolute Gasteiger partial charge is 0.255 e. The summed E-state index contributed by atoms with van der Waals surface area (Å²) in [6.45, 7) is 0. The summed E-state index contributed by atoms with van der Waals surface area (Å²) in [5.74, 6) is -0.864. The number of piperidine rings is 1. The number of hydrogen-bond acceptors (Lipinski definition) is 5. The van der Waals surface area contributed by atoms with Crippen LogP contribution in [0.3, 0.4) is 0 Å². The molecule has 0 radical (unpaired) electrons. The van der Waals surface area contributed by atoms with Crippen molar-refractivity contribution in [2.45, 2.75) is 31.3 Å². The van der Waals surface area contributed by atoms with Gasteiger partial charge in [-0.05, 0) is 73.4 Å². The molecule has 1 aliphatic rings. The molecule has 8 nitrogen and oxygen atoms in total. The lowest BCUT2D eigenvalue weighted by atomic mass is 9.90. The van der Waals surface area contributed by atoms with Gasteiger partial charge in [0.15, 0.2) is 0 Å². The molecule has 0 saturated carbocycles. The van der Waals surface area contributed by atoms with Gasteiger partial charge in [-0.25, -0.2) is 17.2 Å². The Morgan fingerprint density at radius 1 is 1.02 bits per heavy atom. The maximum absolute atomic E-state index is 14.4. The normalized spacial score (nSPS) is 17.5. The van der Waals surface area contributed by atoms with E-state index in [9.17, 15) is 22.0 Å². The fraction of sp³-hybridized carbons (Fsp3) is 0.258. The Labute approximate surface area is 241 Å². The quantitative estimate of drug-likeness (QED) is 0.219. The zero-order valence-corrected chi connectivity index (χ0v) is 24.1. The van der Waals surface area contributed by atoms with E-state index >= 15 is 0 Å². The number of nitrogens with zero attached hydrogens (tertiary/aromatic N) is 1. The van der Waals surface area contributed by atoms with E-state index in [-0.39, 0.29) is 29.2 Å². The summed E-state index contributed by atoms with van der Waals surface area (Å²) in [6.07, 6.45) is 3.46. The molecule has 2 aromatic heterocycles. The molecule has 1 saturated heterocycles. The molecule has 2 atom stereocenters. The van der Waals surface area contributed by atoms with Crippen molar-refractivity contribution in [3.63, 3.8) is 0 Å². The third kappa shape index (κ3) is 4.92. The first kappa shape index (κ1) is 27.9. The molecule has 3 aromatic carbocycles. The minimum Gasteiger partial charge on any atom is -0.455 e. The van der Waals surface area contributed by atoms with Crippen LogP contribution in [-0.2, 0) is 10.0 Å². The van der Waals surface area contributed by atoms with E-state index in [4.69, 9.17) is 4.42 Å². The number of halogens is 2. The average molecular weight is 593 g/mol. The fourth-order valence-corrected chi connectivity index (χ4v) is 6.30. The van der Waals surface area contributed by atoms with E-state index < -0.39 is 21.7 Å². The van der Waals surface area contributed by atoms with Gasteiger partial charge in [0, 0.05) is 59.8 Å². The van der Waals surface area contributed by atoms with Crippen LogP contribution in [0.1, 0.15) is 53.0 Å². The second kappa shape index (κ2) is 10.6. The van der Waals surface area contributed by atoms with Crippen LogP contribution in [0.5, 0.6) is 0 Å². The van der Waals surface area contributed by atoms with Crippen molar-refractivity contribution in [1.82, 2.24) is 15.6 Å². The van der Waals surface area contributed by atoms with Crippen LogP contribution in [0.2, 0.25) is 0 Å². The van der Waals surface area contributed by atoms with Gasteiger partial charge in [-0.1, -0.05) is 6.07 Å². The molecule has 1 fully saturated rings. The van der Waals surface area contributed by atoms with Gasteiger partial charge in [-0.2, -0.15) is 0 Å². The highest BCUT2D eigenvalue weighted by Crippen LogP contribution is 2.42. The molecule has 1 aliphatic heterocycles. The summed E-state index contributed by atoms with van der Waals surface area (Å²) in [5.41, 5.74) is 3.73. The summed E-state index contributed by atoms with van der Waals surface area (Å²) in [7, 11) is -0.670. The van der Waals surface area contributed by atoms with Gasteiger partial charge in [0.1, 0.15) is 23.0 Å². The molecule has 42 heavy (non-hydrogen) atoms. The lowest BCUT2D eigenvalue weighted by Crippen LogP contribution is -2.33. The molecule has 2 unspecified atom stereocenters. The number of H-pyrrole nitrogens is 1. The number of fused-ring (bicyclic) bond motifs is 2. The third-order valence-electron chi connectivity index (χ3n) is 8.01. The van der Waals surface area contributed by atoms with Gasteiger partial charge in [0.05, 0.1) is 17.5 Å². The first-order chi connectivity index (χ1) is 20.0. The second-order valence-corrected chi connectivity index (χ2v) is 12.7. The standard InChI is InChI=1S/C31H30F2N4O4S/c1-34-31(38)29-21-14-20(24-8-5-9-25(35-24)26-15-19-22(33)6-4-7-23(19)36-26)27(37(2)42(3,39)40)16-28(21)41-30(29)17-10-12-18(32)13-11-17/h4,6-7,10-16,24-25,35-36H,5,8-9H2,1-3H3,(H,34,38). The first-order valence-corrected chi connectivity index (χ1v) is 15.5. The Morgan fingerprint density at radius 2 is 1.76 bits per heavy atom. The Balaban J connectivity index is 1.50. The molecule has 6 rings (SSSR count). The van der Waals surface area contributed by atoms with Crippen molar-refractivity contribution in [3.8, 4) is 11.3 Å². The number of aromatic amines is 1. The van der Waals surface area contributed by atoms with E-state index in [0.717, 1.165) is 24.8 Å². The largest absolute Gasteiger partial charge is 0.455 e.